The Kier molecular flexibility index (Phi) is 8.36. The number of carbonyl (C=O) groups is 2. The van der Waals surface area contributed by atoms with Crippen molar-refractivity contribution in [3.8, 4) is 5.75 Å². The molecule has 0 spiro atoms. The Morgan fingerprint density at radius 1 is 1.05 bits per heavy atom. The van der Waals surface area contributed by atoms with E-state index in [0.29, 0.717) is 42.5 Å². The van der Waals surface area contributed by atoms with Gasteiger partial charge in [0.25, 0.3) is 0 Å². The van der Waals surface area contributed by atoms with Gasteiger partial charge in [-0.05, 0) is 74.1 Å². The zero-order valence-corrected chi connectivity index (χ0v) is 21.5. The first-order valence-electron chi connectivity index (χ1n) is 12.5. The fraction of sp³-hybridized carbons (Fsp3) is 0.393. The van der Waals surface area contributed by atoms with Crippen LogP contribution in [0.4, 0.5) is 27.6 Å². The molecule has 39 heavy (non-hydrogen) atoms. The number of benzene rings is 2. The zero-order valence-electron chi connectivity index (χ0n) is 21.5. The van der Waals surface area contributed by atoms with E-state index < -0.39 is 47.7 Å². The summed E-state index contributed by atoms with van der Waals surface area (Å²) in [6, 6.07) is 9.47. The normalized spacial score (nSPS) is 14.0. The van der Waals surface area contributed by atoms with Crippen molar-refractivity contribution in [3.63, 3.8) is 0 Å². The van der Waals surface area contributed by atoms with Gasteiger partial charge in [-0.25, -0.2) is 8.78 Å². The molecule has 0 saturated carbocycles. The number of aromatic nitrogens is 2. The molecule has 208 valence electrons. The number of rotatable bonds is 9. The summed E-state index contributed by atoms with van der Waals surface area (Å²) < 4.78 is 74.7. The van der Waals surface area contributed by atoms with Gasteiger partial charge < -0.3 is 9.64 Å². The van der Waals surface area contributed by atoms with Crippen molar-refractivity contribution in [2.24, 2.45) is 5.92 Å². The molecule has 2 aromatic carbocycles. The van der Waals surface area contributed by atoms with Crippen LogP contribution in [0.1, 0.15) is 41.8 Å². The summed E-state index contributed by atoms with van der Waals surface area (Å²) in [6.07, 6.45) is -3.25. The van der Waals surface area contributed by atoms with Crippen LogP contribution in [0.25, 0.3) is 0 Å². The summed E-state index contributed by atoms with van der Waals surface area (Å²) in [6.45, 7) is -0.439. The maximum atomic E-state index is 13.9. The van der Waals surface area contributed by atoms with E-state index in [1.54, 1.807) is 24.3 Å². The maximum absolute atomic E-state index is 13.9. The van der Waals surface area contributed by atoms with Crippen LogP contribution in [0.3, 0.4) is 0 Å². The summed E-state index contributed by atoms with van der Waals surface area (Å²) in [4.78, 5) is 28.0. The van der Waals surface area contributed by atoms with E-state index in [1.165, 1.54) is 19.1 Å². The number of Topliss-reactive ketones (excluding diaryl/α,β-unsaturated/α-hetero) is 1. The molecule has 0 N–H and O–H groups in total. The van der Waals surface area contributed by atoms with Crippen LogP contribution in [-0.4, -0.2) is 35.6 Å². The Morgan fingerprint density at radius 3 is 2.31 bits per heavy atom. The fourth-order valence-corrected chi connectivity index (χ4v) is 5.00. The van der Waals surface area contributed by atoms with Crippen LogP contribution >= 0.6 is 0 Å². The summed E-state index contributed by atoms with van der Waals surface area (Å²) in [5, 5.41) is 3.73. The van der Waals surface area contributed by atoms with Gasteiger partial charge in [-0.15, -0.1) is 0 Å². The van der Waals surface area contributed by atoms with Crippen LogP contribution in [0.15, 0.2) is 42.5 Å². The lowest BCUT2D eigenvalue weighted by molar-refractivity contribution is -0.142. The first-order chi connectivity index (χ1) is 18.5. The van der Waals surface area contributed by atoms with Crippen LogP contribution in [0, 0.1) is 17.6 Å². The van der Waals surface area contributed by atoms with Gasteiger partial charge in [0.05, 0.1) is 13.7 Å². The molecular weight excluding hydrogens is 521 g/mol. The second-order valence-electron chi connectivity index (χ2n) is 9.65. The van der Waals surface area contributed by atoms with Crippen molar-refractivity contribution in [1.82, 2.24) is 9.78 Å². The number of anilines is 1. The Morgan fingerprint density at radius 2 is 1.69 bits per heavy atom. The number of halogens is 5. The quantitative estimate of drug-likeness (QED) is 0.329. The Labute approximate surface area is 222 Å². The maximum Gasteiger partial charge on any atom is 0.435 e. The van der Waals surface area contributed by atoms with E-state index in [2.05, 4.69) is 5.10 Å². The predicted octanol–water partition coefficient (Wildman–Crippen LogP) is 5.55. The molecule has 1 aliphatic rings. The third-order valence-corrected chi connectivity index (χ3v) is 6.87. The number of amides is 1. The topological polar surface area (TPSA) is 64.4 Å². The van der Waals surface area contributed by atoms with Gasteiger partial charge >= 0.3 is 6.18 Å². The highest BCUT2D eigenvalue weighted by atomic mass is 19.4. The molecule has 1 amide bonds. The third kappa shape index (κ3) is 6.63. The second kappa shape index (κ2) is 11.5. The van der Waals surface area contributed by atoms with E-state index >= 15 is 0 Å². The van der Waals surface area contributed by atoms with Gasteiger partial charge in [0.2, 0.25) is 5.91 Å². The molecule has 4 rings (SSSR count). The third-order valence-electron chi connectivity index (χ3n) is 6.87. The minimum atomic E-state index is -4.64. The lowest BCUT2D eigenvalue weighted by Crippen LogP contribution is -2.36. The largest absolute Gasteiger partial charge is 0.497 e. The van der Waals surface area contributed by atoms with E-state index in [4.69, 9.17) is 4.74 Å². The zero-order chi connectivity index (χ0) is 28.3. The number of carbonyl (C=O) groups excluding carboxylic acids is 2. The Balaban J connectivity index is 1.59. The monoisotopic (exact) mass is 549 g/mol. The summed E-state index contributed by atoms with van der Waals surface area (Å²) in [5.74, 6) is -3.11. The van der Waals surface area contributed by atoms with Gasteiger partial charge in [-0.1, -0.05) is 0 Å². The van der Waals surface area contributed by atoms with Crippen molar-refractivity contribution in [1.29, 1.82) is 0 Å². The minimum absolute atomic E-state index is 0.114. The molecule has 3 aromatic rings. The SMILES string of the molecule is COc1ccc(N(C)C(=O)C(CC(=O)Cn2nc(C(F)(F)F)c3c2CCCC3)Cc2cc(F)cc(F)c2)cc1. The Bertz CT molecular complexity index is 1330. The molecule has 0 radical (unpaired) electrons. The van der Waals surface area contributed by atoms with E-state index in [9.17, 15) is 31.5 Å². The molecule has 1 atom stereocenters. The van der Waals surface area contributed by atoms with Gasteiger partial charge in [0.1, 0.15) is 17.4 Å². The summed E-state index contributed by atoms with van der Waals surface area (Å²) >= 11 is 0. The highest BCUT2D eigenvalue weighted by molar-refractivity contribution is 5.97. The van der Waals surface area contributed by atoms with Gasteiger partial charge in [0, 0.05) is 42.4 Å². The fourth-order valence-electron chi connectivity index (χ4n) is 5.00. The number of fused-ring (bicyclic) bond motifs is 1. The van der Waals surface area contributed by atoms with Gasteiger partial charge in [-0.3, -0.25) is 14.3 Å². The molecule has 1 aliphatic carbocycles. The number of ether oxygens (including phenoxy) is 1. The standard InChI is InChI=1S/C28H28F5N3O3/c1-35(21-7-9-23(39-2)10-8-21)27(38)18(11-17-12-19(29)15-20(30)13-17)14-22(37)16-36-25-6-4-3-5-24(25)26(34-36)28(31,32)33/h7-10,12-13,15,18H,3-6,11,14,16H2,1-2H3. The van der Waals surface area contributed by atoms with Crippen LogP contribution in [0.5, 0.6) is 5.75 Å². The molecule has 1 aromatic heterocycles. The Hall–Kier alpha value is -3.76. The van der Waals surface area contributed by atoms with Crippen molar-refractivity contribution in [3.05, 3.63) is 76.6 Å². The molecule has 0 aliphatic heterocycles. The van der Waals surface area contributed by atoms with Crippen LogP contribution in [0.2, 0.25) is 0 Å². The second-order valence-corrected chi connectivity index (χ2v) is 9.65. The summed E-state index contributed by atoms with van der Waals surface area (Å²) in [5.41, 5.74) is 0.195. The van der Waals surface area contributed by atoms with Crippen LogP contribution in [-0.2, 0) is 41.6 Å². The molecular formula is C28H28F5N3O3. The first-order valence-corrected chi connectivity index (χ1v) is 12.5. The average Bonchev–Trinajstić information content (AvgIpc) is 3.26. The number of alkyl halides is 3. The smallest absolute Gasteiger partial charge is 0.435 e. The van der Waals surface area contributed by atoms with Gasteiger partial charge in [-0.2, -0.15) is 18.3 Å². The minimum Gasteiger partial charge on any atom is -0.497 e. The van der Waals surface area contributed by atoms with Crippen molar-refractivity contribution in [2.75, 3.05) is 19.1 Å². The number of hydrogen-bond acceptors (Lipinski definition) is 4. The molecule has 0 bridgehead atoms. The van der Waals surface area contributed by atoms with E-state index in [0.717, 1.165) is 16.8 Å². The van der Waals surface area contributed by atoms with Gasteiger partial charge in [0.15, 0.2) is 11.5 Å². The molecule has 11 heteroatoms. The predicted molar refractivity (Wildman–Crippen MR) is 133 cm³/mol. The highest BCUT2D eigenvalue weighted by Crippen LogP contribution is 2.36. The number of methoxy groups -OCH3 is 1. The van der Waals surface area contributed by atoms with Crippen molar-refractivity contribution < 1.29 is 36.3 Å². The average molecular weight is 550 g/mol. The molecule has 1 heterocycles. The van der Waals surface area contributed by atoms with E-state index in [-0.39, 0.29) is 30.4 Å². The summed E-state index contributed by atoms with van der Waals surface area (Å²) in [7, 11) is 3.01. The first kappa shape index (κ1) is 28.3. The molecule has 1 unspecified atom stereocenters. The lowest BCUT2D eigenvalue weighted by Gasteiger charge is -2.24. The van der Waals surface area contributed by atoms with E-state index in [1.807, 2.05) is 0 Å². The number of hydrogen-bond donors (Lipinski definition) is 0. The molecule has 6 nitrogen and oxygen atoms in total. The van der Waals surface area contributed by atoms with Crippen molar-refractivity contribution >= 4 is 17.4 Å². The highest BCUT2D eigenvalue weighted by Gasteiger charge is 2.40. The number of nitrogens with zero attached hydrogens (tertiary/aromatic N) is 3. The van der Waals surface area contributed by atoms with Crippen molar-refractivity contribution in [2.45, 2.75) is 51.2 Å². The molecule has 0 saturated heterocycles. The molecule has 0 fully saturated rings. The van der Waals surface area contributed by atoms with Crippen LogP contribution < -0.4 is 9.64 Å². The number of ketones is 1. The lowest BCUT2D eigenvalue weighted by atomic mass is 9.92.